The zero-order chi connectivity index (χ0) is 11.8. The van der Waals surface area contributed by atoms with Crippen LogP contribution in [0.1, 0.15) is 25.8 Å². The molecule has 0 amide bonds. The molecule has 0 aliphatic heterocycles. The number of hydrogen-bond acceptors (Lipinski definition) is 2. The standard InChI is InChI=1S/C14H21NO/c1-4-12(2)15-11-5-6-13-7-9-14(16-3)10-8-13/h5-10,12,15H,4,11H2,1-3H3/b6-5+. The van der Waals surface area contributed by atoms with Gasteiger partial charge >= 0.3 is 0 Å². The van der Waals surface area contributed by atoms with Crippen molar-refractivity contribution < 1.29 is 4.74 Å². The van der Waals surface area contributed by atoms with Gasteiger partial charge in [0.05, 0.1) is 7.11 Å². The fraction of sp³-hybridized carbons (Fsp3) is 0.429. The topological polar surface area (TPSA) is 21.3 Å². The lowest BCUT2D eigenvalue weighted by Gasteiger charge is -2.07. The van der Waals surface area contributed by atoms with Gasteiger partial charge in [-0.1, -0.05) is 31.2 Å². The molecule has 1 atom stereocenters. The third-order valence-corrected chi connectivity index (χ3v) is 2.62. The van der Waals surface area contributed by atoms with E-state index in [0.29, 0.717) is 6.04 Å². The lowest BCUT2D eigenvalue weighted by atomic mass is 10.2. The number of methoxy groups -OCH3 is 1. The van der Waals surface area contributed by atoms with Crippen molar-refractivity contribution in [2.45, 2.75) is 26.3 Å². The van der Waals surface area contributed by atoms with Gasteiger partial charge < -0.3 is 10.1 Å². The molecule has 0 aromatic heterocycles. The SMILES string of the molecule is CCC(C)NC/C=C/c1ccc(OC)cc1. The molecule has 0 aliphatic carbocycles. The van der Waals surface area contributed by atoms with E-state index in [1.165, 1.54) is 5.56 Å². The summed E-state index contributed by atoms with van der Waals surface area (Å²) in [4.78, 5) is 0. The molecule has 0 radical (unpaired) electrons. The average molecular weight is 219 g/mol. The van der Waals surface area contributed by atoms with Crippen molar-refractivity contribution in [3.8, 4) is 5.75 Å². The fourth-order valence-electron chi connectivity index (χ4n) is 1.32. The lowest BCUT2D eigenvalue weighted by molar-refractivity contribution is 0.415. The Labute approximate surface area is 98.3 Å². The third kappa shape index (κ3) is 4.49. The maximum atomic E-state index is 5.10. The molecule has 1 aromatic rings. The van der Waals surface area contributed by atoms with Crippen molar-refractivity contribution in [2.24, 2.45) is 0 Å². The van der Waals surface area contributed by atoms with Gasteiger partial charge in [0.25, 0.3) is 0 Å². The molecule has 1 rings (SSSR count). The Morgan fingerprint density at radius 1 is 1.31 bits per heavy atom. The van der Waals surface area contributed by atoms with Crippen molar-refractivity contribution in [1.82, 2.24) is 5.32 Å². The Balaban J connectivity index is 2.38. The Kier molecular flexibility index (Phi) is 5.65. The largest absolute Gasteiger partial charge is 0.497 e. The summed E-state index contributed by atoms with van der Waals surface area (Å²) >= 11 is 0. The summed E-state index contributed by atoms with van der Waals surface area (Å²) < 4.78 is 5.10. The number of nitrogens with one attached hydrogen (secondary N) is 1. The highest BCUT2D eigenvalue weighted by Crippen LogP contribution is 2.11. The molecular formula is C14H21NO. The molecular weight excluding hydrogens is 198 g/mol. The normalized spacial score (nSPS) is 12.9. The highest BCUT2D eigenvalue weighted by atomic mass is 16.5. The second kappa shape index (κ2) is 7.07. The van der Waals surface area contributed by atoms with Crippen molar-refractivity contribution in [3.05, 3.63) is 35.9 Å². The summed E-state index contributed by atoms with van der Waals surface area (Å²) in [5.41, 5.74) is 1.20. The summed E-state index contributed by atoms with van der Waals surface area (Å²) in [6, 6.07) is 8.64. The molecule has 0 spiro atoms. The molecule has 0 aliphatic rings. The molecule has 88 valence electrons. The van der Waals surface area contributed by atoms with Gasteiger partial charge in [-0.15, -0.1) is 0 Å². The number of benzene rings is 1. The summed E-state index contributed by atoms with van der Waals surface area (Å²) in [7, 11) is 1.68. The number of ether oxygens (including phenoxy) is 1. The number of hydrogen-bond donors (Lipinski definition) is 1. The zero-order valence-corrected chi connectivity index (χ0v) is 10.4. The minimum absolute atomic E-state index is 0.584. The van der Waals surface area contributed by atoms with Crippen LogP contribution in [0.3, 0.4) is 0 Å². The van der Waals surface area contributed by atoms with Gasteiger partial charge in [-0.05, 0) is 31.0 Å². The van der Waals surface area contributed by atoms with Crippen LogP contribution in [-0.4, -0.2) is 19.7 Å². The third-order valence-electron chi connectivity index (χ3n) is 2.62. The van der Waals surface area contributed by atoms with Gasteiger partial charge in [-0.25, -0.2) is 0 Å². The van der Waals surface area contributed by atoms with Crippen molar-refractivity contribution in [3.63, 3.8) is 0 Å². The zero-order valence-electron chi connectivity index (χ0n) is 10.4. The van der Waals surface area contributed by atoms with Crippen LogP contribution < -0.4 is 10.1 Å². The van der Waals surface area contributed by atoms with E-state index in [1.54, 1.807) is 7.11 Å². The van der Waals surface area contributed by atoms with E-state index in [2.05, 4.69) is 43.4 Å². The Morgan fingerprint density at radius 3 is 2.56 bits per heavy atom. The van der Waals surface area contributed by atoms with Crippen molar-refractivity contribution >= 4 is 6.08 Å². The number of rotatable bonds is 6. The molecule has 0 bridgehead atoms. The molecule has 0 saturated carbocycles. The first-order chi connectivity index (χ1) is 7.76. The van der Waals surface area contributed by atoms with Gasteiger partial charge in [0.15, 0.2) is 0 Å². The van der Waals surface area contributed by atoms with Crippen molar-refractivity contribution in [1.29, 1.82) is 0 Å². The van der Waals surface area contributed by atoms with Crippen LogP contribution in [0.25, 0.3) is 6.08 Å². The lowest BCUT2D eigenvalue weighted by Crippen LogP contribution is -2.24. The molecule has 2 nitrogen and oxygen atoms in total. The van der Waals surface area contributed by atoms with Crippen LogP contribution in [-0.2, 0) is 0 Å². The molecule has 1 unspecified atom stereocenters. The minimum Gasteiger partial charge on any atom is -0.497 e. The minimum atomic E-state index is 0.584. The first-order valence-electron chi connectivity index (χ1n) is 5.80. The van der Waals surface area contributed by atoms with E-state index in [9.17, 15) is 0 Å². The maximum absolute atomic E-state index is 5.10. The Bertz CT molecular complexity index is 316. The smallest absolute Gasteiger partial charge is 0.118 e. The molecule has 0 heterocycles. The van der Waals surface area contributed by atoms with Gasteiger partial charge in [0, 0.05) is 12.6 Å². The first kappa shape index (κ1) is 12.8. The highest BCUT2D eigenvalue weighted by molar-refractivity contribution is 5.50. The van der Waals surface area contributed by atoms with Crippen molar-refractivity contribution in [2.75, 3.05) is 13.7 Å². The Morgan fingerprint density at radius 2 is 2.00 bits per heavy atom. The maximum Gasteiger partial charge on any atom is 0.118 e. The van der Waals surface area contributed by atoms with Gasteiger partial charge in [0.1, 0.15) is 5.75 Å². The van der Waals surface area contributed by atoms with Crippen LogP contribution >= 0.6 is 0 Å². The van der Waals surface area contributed by atoms with Crippen LogP contribution in [0.2, 0.25) is 0 Å². The summed E-state index contributed by atoms with van der Waals surface area (Å²) in [5.74, 6) is 0.898. The van der Waals surface area contributed by atoms with Gasteiger partial charge in [-0.3, -0.25) is 0 Å². The van der Waals surface area contributed by atoms with E-state index >= 15 is 0 Å². The van der Waals surface area contributed by atoms with E-state index in [4.69, 9.17) is 4.74 Å². The molecule has 2 heteroatoms. The second-order valence-electron chi connectivity index (χ2n) is 3.89. The van der Waals surface area contributed by atoms with E-state index in [0.717, 1.165) is 18.7 Å². The van der Waals surface area contributed by atoms with Crippen LogP contribution in [0.15, 0.2) is 30.3 Å². The summed E-state index contributed by atoms with van der Waals surface area (Å²) in [6.45, 7) is 5.30. The van der Waals surface area contributed by atoms with E-state index in [-0.39, 0.29) is 0 Å². The Hall–Kier alpha value is -1.28. The van der Waals surface area contributed by atoms with Crippen LogP contribution in [0.5, 0.6) is 5.75 Å². The molecule has 16 heavy (non-hydrogen) atoms. The molecule has 0 fully saturated rings. The van der Waals surface area contributed by atoms with E-state index < -0.39 is 0 Å². The first-order valence-corrected chi connectivity index (χ1v) is 5.80. The quantitative estimate of drug-likeness (QED) is 0.793. The molecule has 1 aromatic carbocycles. The molecule has 0 saturated heterocycles. The second-order valence-corrected chi connectivity index (χ2v) is 3.89. The van der Waals surface area contributed by atoms with Gasteiger partial charge in [0.2, 0.25) is 0 Å². The predicted molar refractivity (Wildman–Crippen MR) is 69.8 cm³/mol. The van der Waals surface area contributed by atoms with Crippen LogP contribution in [0, 0.1) is 0 Å². The average Bonchev–Trinajstić information content (AvgIpc) is 2.35. The van der Waals surface area contributed by atoms with Gasteiger partial charge in [-0.2, -0.15) is 0 Å². The summed E-state index contributed by atoms with van der Waals surface area (Å²) in [6.07, 6.45) is 5.43. The highest BCUT2D eigenvalue weighted by Gasteiger charge is 1.93. The van der Waals surface area contributed by atoms with Crippen LogP contribution in [0.4, 0.5) is 0 Å². The molecule has 1 N–H and O–H groups in total. The van der Waals surface area contributed by atoms with E-state index in [1.807, 2.05) is 12.1 Å². The fourth-order valence-corrected chi connectivity index (χ4v) is 1.32. The summed E-state index contributed by atoms with van der Waals surface area (Å²) in [5, 5.41) is 3.41. The predicted octanol–water partition coefficient (Wildman–Crippen LogP) is 3.10. The monoisotopic (exact) mass is 219 g/mol.